The van der Waals surface area contributed by atoms with Crippen molar-refractivity contribution in [3.8, 4) is 0 Å². The molecule has 1 unspecified atom stereocenters. The van der Waals surface area contributed by atoms with Crippen molar-refractivity contribution in [2.75, 3.05) is 19.7 Å². The van der Waals surface area contributed by atoms with Crippen LogP contribution in [-0.4, -0.2) is 40.7 Å². The molecule has 0 amide bonds. The molecule has 2 N–H and O–H groups in total. The number of hydrogen-bond donors (Lipinski definition) is 2. The Balaban J connectivity index is 1.63. The van der Waals surface area contributed by atoms with Crippen molar-refractivity contribution in [1.29, 1.82) is 0 Å². The number of pyridine rings is 1. The van der Waals surface area contributed by atoms with Gasteiger partial charge in [0.25, 0.3) is 0 Å². The highest BCUT2D eigenvalue weighted by molar-refractivity contribution is 5.78. The summed E-state index contributed by atoms with van der Waals surface area (Å²) in [5.74, 6) is -0.552. The van der Waals surface area contributed by atoms with Crippen molar-refractivity contribution >= 4 is 10.9 Å². The number of H-pyrrole nitrogens is 1. The van der Waals surface area contributed by atoms with Gasteiger partial charge in [0.15, 0.2) is 11.4 Å². The number of piperidine rings is 1. The molecule has 2 aliphatic rings. The van der Waals surface area contributed by atoms with Gasteiger partial charge in [-0.1, -0.05) is 24.3 Å². The predicted octanol–water partition coefficient (Wildman–Crippen LogP) is 2.33. The van der Waals surface area contributed by atoms with Crippen molar-refractivity contribution in [2.24, 2.45) is 0 Å². The van der Waals surface area contributed by atoms with Crippen LogP contribution in [0.2, 0.25) is 0 Å². The average molecular weight is 336 g/mol. The first kappa shape index (κ1) is 15.0. The number of fused-ring (bicyclic) bond motifs is 1. The van der Waals surface area contributed by atoms with E-state index < -0.39 is 11.4 Å². The Morgan fingerprint density at radius 2 is 1.88 bits per heavy atom. The quantitative estimate of drug-likeness (QED) is 0.751. The molecule has 25 heavy (non-hydrogen) atoms. The van der Waals surface area contributed by atoms with Crippen molar-refractivity contribution in [1.82, 2.24) is 20.5 Å². The largest absolute Gasteiger partial charge is 0.346 e. The van der Waals surface area contributed by atoms with E-state index in [9.17, 15) is 0 Å². The number of aromatic nitrogens is 3. The second-order valence-corrected chi connectivity index (χ2v) is 6.74. The molecule has 0 saturated carbocycles. The van der Waals surface area contributed by atoms with Gasteiger partial charge in [-0.3, -0.25) is 5.10 Å². The van der Waals surface area contributed by atoms with Crippen molar-refractivity contribution < 1.29 is 9.47 Å². The summed E-state index contributed by atoms with van der Waals surface area (Å²) >= 11 is 0. The lowest BCUT2D eigenvalue weighted by Gasteiger charge is -2.35. The second-order valence-electron chi connectivity index (χ2n) is 6.74. The SMILES string of the molecule is c1ccc2nc(C3(c4ccn[nH]4)COC4(CCNCC4)O3)ccc2c1. The first-order valence-corrected chi connectivity index (χ1v) is 8.71. The topological polar surface area (TPSA) is 72.1 Å². The lowest BCUT2D eigenvalue weighted by Crippen LogP contribution is -2.44. The number of aromatic amines is 1. The normalized spacial score (nSPS) is 25.6. The van der Waals surface area contributed by atoms with E-state index in [4.69, 9.17) is 14.5 Å². The molecule has 1 aromatic carbocycles. The average Bonchev–Trinajstić information content (AvgIpc) is 3.32. The van der Waals surface area contributed by atoms with Crippen LogP contribution in [0.1, 0.15) is 24.2 Å². The molecule has 1 spiro atoms. The first-order valence-electron chi connectivity index (χ1n) is 8.71. The molecule has 4 heterocycles. The fraction of sp³-hybridized carbons (Fsp3) is 0.368. The third-order valence-corrected chi connectivity index (χ3v) is 5.21. The van der Waals surface area contributed by atoms with Gasteiger partial charge in [-0.05, 0) is 18.2 Å². The van der Waals surface area contributed by atoms with Crippen LogP contribution in [0.15, 0.2) is 48.7 Å². The molecule has 6 heteroatoms. The molecule has 2 fully saturated rings. The van der Waals surface area contributed by atoms with Crippen LogP contribution in [0.5, 0.6) is 0 Å². The molecule has 128 valence electrons. The number of nitrogens with one attached hydrogen (secondary N) is 2. The van der Waals surface area contributed by atoms with E-state index in [1.807, 2.05) is 30.3 Å². The molecular formula is C19H20N4O2. The van der Waals surface area contributed by atoms with Gasteiger partial charge in [-0.2, -0.15) is 5.10 Å². The van der Waals surface area contributed by atoms with Crippen LogP contribution in [-0.2, 0) is 15.1 Å². The van der Waals surface area contributed by atoms with Crippen LogP contribution in [0.4, 0.5) is 0 Å². The van der Waals surface area contributed by atoms with Crippen LogP contribution >= 0.6 is 0 Å². The molecule has 5 rings (SSSR count). The molecule has 1 atom stereocenters. The Morgan fingerprint density at radius 3 is 2.72 bits per heavy atom. The Labute approximate surface area is 145 Å². The monoisotopic (exact) mass is 336 g/mol. The van der Waals surface area contributed by atoms with E-state index in [-0.39, 0.29) is 0 Å². The number of rotatable bonds is 2. The van der Waals surface area contributed by atoms with E-state index in [0.717, 1.165) is 48.2 Å². The standard InChI is InChI=1S/C19H20N4O2/c1-2-4-15-14(3-1)5-6-16(22-15)19(17-7-10-21-23-17)13-24-18(25-19)8-11-20-12-9-18/h1-7,10,20H,8-9,11-13H2,(H,21,23). The molecule has 0 radical (unpaired) electrons. The number of nitrogens with zero attached hydrogens (tertiary/aromatic N) is 2. The molecule has 0 aliphatic carbocycles. The zero-order valence-corrected chi connectivity index (χ0v) is 13.9. The summed E-state index contributed by atoms with van der Waals surface area (Å²) in [7, 11) is 0. The molecule has 2 saturated heterocycles. The molecule has 0 bridgehead atoms. The summed E-state index contributed by atoms with van der Waals surface area (Å²) in [5, 5.41) is 11.7. The van der Waals surface area contributed by atoms with E-state index in [1.54, 1.807) is 6.20 Å². The Morgan fingerprint density at radius 1 is 1.00 bits per heavy atom. The zero-order valence-electron chi connectivity index (χ0n) is 13.9. The zero-order chi connectivity index (χ0) is 16.7. The van der Waals surface area contributed by atoms with Crippen LogP contribution in [0.25, 0.3) is 10.9 Å². The number of benzene rings is 1. The summed E-state index contributed by atoms with van der Waals surface area (Å²) in [5.41, 5.74) is 1.93. The fourth-order valence-corrected chi connectivity index (χ4v) is 3.83. The van der Waals surface area contributed by atoms with Crippen LogP contribution in [0.3, 0.4) is 0 Å². The molecule has 2 aromatic heterocycles. The second kappa shape index (κ2) is 5.62. The maximum atomic E-state index is 6.66. The highest BCUT2D eigenvalue weighted by atomic mass is 16.8. The predicted molar refractivity (Wildman–Crippen MR) is 93.0 cm³/mol. The minimum absolute atomic E-state index is 0.431. The van der Waals surface area contributed by atoms with Gasteiger partial charge in [0.2, 0.25) is 0 Å². The lowest BCUT2D eigenvalue weighted by atomic mass is 9.95. The maximum Gasteiger partial charge on any atom is 0.178 e. The lowest BCUT2D eigenvalue weighted by molar-refractivity contribution is -0.197. The van der Waals surface area contributed by atoms with Crippen molar-refractivity contribution in [3.63, 3.8) is 0 Å². The summed E-state index contributed by atoms with van der Waals surface area (Å²) < 4.78 is 12.9. The molecular weight excluding hydrogens is 316 g/mol. The minimum Gasteiger partial charge on any atom is -0.346 e. The number of hydrogen-bond acceptors (Lipinski definition) is 5. The molecule has 6 nitrogen and oxygen atoms in total. The van der Waals surface area contributed by atoms with Gasteiger partial charge >= 0.3 is 0 Å². The van der Waals surface area contributed by atoms with Gasteiger partial charge in [-0.25, -0.2) is 4.98 Å². The third kappa shape index (κ3) is 2.37. The minimum atomic E-state index is -0.752. The summed E-state index contributed by atoms with van der Waals surface area (Å²) in [6.07, 6.45) is 3.40. The van der Waals surface area contributed by atoms with Crippen molar-refractivity contribution in [3.05, 3.63) is 60.0 Å². The van der Waals surface area contributed by atoms with Gasteiger partial charge in [0.05, 0.1) is 23.5 Å². The smallest absolute Gasteiger partial charge is 0.178 e. The summed E-state index contributed by atoms with van der Waals surface area (Å²) in [6.45, 7) is 2.22. The molecule has 3 aromatic rings. The fourth-order valence-electron chi connectivity index (χ4n) is 3.83. The Bertz CT molecular complexity index is 889. The van der Waals surface area contributed by atoms with Crippen LogP contribution < -0.4 is 5.32 Å². The van der Waals surface area contributed by atoms with E-state index >= 15 is 0 Å². The van der Waals surface area contributed by atoms with Gasteiger partial charge in [0, 0.05) is 37.5 Å². The highest BCUT2D eigenvalue weighted by Crippen LogP contribution is 2.46. The Kier molecular flexibility index (Phi) is 3.38. The van der Waals surface area contributed by atoms with Gasteiger partial charge in [-0.15, -0.1) is 0 Å². The number of para-hydroxylation sites is 1. The third-order valence-electron chi connectivity index (χ3n) is 5.21. The summed E-state index contributed by atoms with van der Waals surface area (Å²) in [4.78, 5) is 4.89. The number of ether oxygens (including phenoxy) is 2. The van der Waals surface area contributed by atoms with E-state index in [2.05, 4.69) is 27.6 Å². The van der Waals surface area contributed by atoms with Crippen LogP contribution in [0, 0.1) is 0 Å². The van der Waals surface area contributed by atoms with Gasteiger partial charge in [0.1, 0.15) is 0 Å². The van der Waals surface area contributed by atoms with E-state index in [0.29, 0.717) is 6.61 Å². The Hall–Kier alpha value is -2.28. The van der Waals surface area contributed by atoms with Gasteiger partial charge < -0.3 is 14.8 Å². The summed E-state index contributed by atoms with van der Waals surface area (Å²) in [6, 6.07) is 14.2. The molecule has 2 aliphatic heterocycles. The maximum absolute atomic E-state index is 6.66. The van der Waals surface area contributed by atoms with E-state index in [1.165, 1.54) is 0 Å². The first-order chi connectivity index (χ1) is 12.3. The highest BCUT2D eigenvalue weighted by Gasteiger charge is 2.54. The van der Waals surface area contributed by atoms with Crippen molar-refractivity contribution in [2.45, 2.75) is 24.2 Å².